The number of para-hydroxylation sites is 2. The van der Waals surface area contributed by atoms with Crippen molar-refractivity contribution < 1.29 is 4.79 Å². The van der Waals surface area contributed by atoms with Gasteiger partial charge in [-0.15, -0.1) is 0 Å². The number of aromatic amines is 2. The summed E-state index contributed by atoms with van der Waals surface area (Å²) in [6.45, 7) is 1.50. The molecule has 4 rings (SSSR count). The maximum absolute atomic E-state index is 12.5. The van der Waals surface area contributed by atoms with Crippen LogP contribution in [0.3, 0.4) is 0 Å². The Balaban J connectivity index is 1.55. The van der Waals surface area contributed by atoms with Crippen molar-refractivity contribution in [2.24, 2.45) is 0 Å². The van der Waals surface area contributed by atoms with E-state index in [1.54, 1.807) is 31.2 Å². The van der Waals surface area contributed by atoms with Crippen LogP contribution in [-0.4, -0.2) is 25.7 Å². The summed E-state index contributed by atoms with van der Waals surface area (Å²) in [5, 5.41) is 5.81. The van der Waals surface area contributed by atoms with Gasteiger partial charge in [0, 0.05) is 0 Å². The molecule has 1 atom stereocenters. The molecule has 8 nitrogen and oxygen atoms in total. The van der Waals surface area contributed by atoms with Gasteiger partial charge in [0.1, 0.15) is 12.4 Å². The number of hydrogen-bond acceptors (Lipinski definition) is 4. The molecule has 2 heterocycles. The van der Waals surface area contributed by atoms with Gasteiger partial charge in [-0.1, -0.05) is 24.3 Å². The van der Waals surface area contributed by atoms with Crippen molar-refractivity contribution in [2.45, 2.75) is 19.5 Å². The van der Waals surface area contributed by atoms with E-state index in [4.69, 9.17) is 0 Å². The minimum absolute atomic E-state index is 0.277. The van der Waals surface area contributed by atoms with Crippen LogP contribution in [0, 0.1) is 0 Å². The van der Waals surface area contributed by atoms with Gasteiger partial charge in [0.05, 0.1) is 27.8 Å². The maximum Gasteiger partial charge on any atom is 0.273 e. The summed E-state index contributed by atoms with van der Waals surface area (Å²) in [7, 11) is 0. The third-order valence-electron chi connectivity index (χ3n) is 4.38. The number of hydrogen-bond donors (Lipinski definition) is 3. The summed E-state index contributed by atoms with van der Waals surface area (Å²) in [4.78, 5) is 44.6. The summed E-state index contributed by atoms with van der Waals surface area (Å²) in [5.74, 6) is 0.208. The predicted molar refractivity (Wildman–Crippen MR) is 101 cm³/mol. The summed E-state index contributed by atoms with van der Waals surface area (Å²) < 4.78 is 1.02. The Bertz CT molecular complexity index is 1230. The monoisotopic (exact) mass is 363 g/mol. The molecule has 0 saturated carbocycles. The lowest BCUT2D eigenvalue weighted by molar-refractivity contribution is -0.122. The summed E-state index contributed by atoms with van der Waals surface area (Å²) in [6, 6.07) is 13.7. The van der Waals surface area contributed by atoms with Gasteiger partial charge in [-0.2, -0.15) is 0 Å². The van der Waals surface area contributed by atoms with Gasteiger partial charge in [-0.05, 0) is 31.2 Å². The molecule has 4 aromatic rings. The molecule has 0 aliphatic heterocycles. The summed E-state index contributed by atoms with van der Waals surface area (Å²) >= 11 is 0. The number of rotatable bonds is 4. The fourth-order valence-electron chi connectivity index (χ4n) is 3.03. The van der Waals surface area contributed by atoms with Gasteiger partial charge >= 0.3 is 0 Å². The largest absolute Gasteiger partial charge is 0.345 e. The Labute approximate surface area is 152 Å². The second-order valence-corrected chi connectivity index (χ2v) is 6.31. The van der Waals surface area contributed by atoms with E-state index in [0.29, 0.717) is 11.2 Å². The van der Waals surface area contributed by atoms with Crippen LogP contribution >= 0.6 is 0 Å². The van der Waals surface area contributed by atoms with Gasteiger partial charge in [-0.25, -0.2) is 9.67 Å². The molecule has 2 aromatic heterocycles. The van der Waals surface area contributed by atoms with E-state index in [-0.39, 0.29) is 18.0 Å². The molecule has 0 radical (unpaired) electrons. The summed E-state index contributed by atoms with van der Waals surface area (Å²) in [5.41, 5.74) is 0.854. The number of H-pyrrole nitrogens is 2. The Kier molecular flexibility index (Phi) is 4.08. The lowest BCUT2D eigenvalue weighted by Gasteiger charge is -2.12. The van der Waals surface area contributed by atoms with E-state index >= 15 is 0 Å². The van der Waals surface area contributed by atoms with E-state index in [1.165, 1.54) is 0 Å². The van der Waals surface area contributed by atoms with Gasteiger partial charge in [-0.3, -0.25) is 19.5 Å². The van der Waals surface area contributed by atoms with Crippen molar-refractivity contribution >= 4 is 27.7 Å². The third-order valence-corrected chi connectivity index (χ3v) is 4.38. The average molecular weight is 363 g/mol. The first kappa shape index (κ1) is 16.8. The minimum atomic E-state index is -0.420. The summed E-state index contributed by atoms with van der Waals surface area (Å²) in [6.07, 6.45) is 0. The zero-order valence-electron chi connectivity index (χ0n) is 14.5. The number of imidazole rings is 1. The second kappa shape index (κ2) is 6.56. The predicted octanol–water partition coefficient (Wildman–Crippen LogP) is 1.44. The van der Waals surface area contributed by atoms with Crippen molar-refractivity contribution in [3.63, 3.8) is 0 Å². The minimum Gasteiger partial charge on any atom is -0.345 e. The number of nitrogens with one attached hydrogen (secondary N) is 3. The van der Waals surface area contributed by atoms with Crippen molar-refractivity contribution in [1.29, 1.82) is 0 Å². The topological polar surface area (TPSA) is 113 Å². The van der Waals surface area contributed by atoms with Gasteiger partial charge < -0.3 is 10.3 Å². The van der Waals surface area contributed by atoms with Crippen LogP contribution in [0.25, 0.3) is 21.8 Å². The van der Waals surface area contributed by atoms with E-state index in [9.17, 15) is 14.4 Å². The molecule has 0 aliphatic carbocycles. The number of carbonyl (C=O) groups is 1. The van der Waals surface area contributed by atoms with Crippen LogP contribution in [0.2, 0.25) is 0 Å². The third kappa shape index (κ3) is 3.12. The highest BCUT2D eigenvalue weighted by atomic mass is 16.2. The van der Waals surface area contributed by atoms with E-state index < -0.39 is 17.0 Å². The first-order chi connectivity index (χ1) is 13.0. The average Bonchev–Trinajstić information content (AvgIpc) is 3.10. The van der Waals surface area contributed by atoms with Crippen molar-refractivity contribution in [2.75, 3.05) is 0 Å². The lowest BCUT2D eigenvalue weighted by atomic mass is 10.2. The fourth-order valence-corrected chi connectivity index (χ4v) is 3.03. The molecule has 2 aromatic carbocycles. The standard InChI is InChI=1S/C19H17N5O3/c1-11(17-21-14-8-4-5-9-15(14)22-17)20-16(25)10-24-19(27)13-7-3-2-6-12(13)18(26)23-24/h2-9,11H,10H2,1H3,(H,20,25)(H,21,22)(H,23,26)/t11-/m0/s1. The van der Waals surface area contributed by atoms with Crippen LogP contribution in [-0.2, 0) is 11.3 Å². The number of benzene rings is 2. The van der Waals surface area contributed by atoms with E-state index in [0.717, 1.165) is 15.7 Å². The molecule has 8 heteroatoms. The number of carbonyl (C=O) groups excluding carboxylic acids is 1. The molecule has 1 amide bonds. The molecule has 0 aliphatic rings. The number of aromatic nitrogens is 4. The molecular weight excluding hydrogens is 346 g/mol. The Morgan fingerprint density at radius 1 is 1.11 bits per heavy atom. The van der Waals surface area contributed by atoms with Crippen LogP contribution < -0.4 is 16.4 Å². The van der Waals surface area contributed by atoms with Crippen LogP contribution in [0.15, 0.2) is 58.1 Å². The molecule has 0 spiro atoms. The Morgan fingerprint density at radius 3 is 2.59 bits per heavy atom. The Hall–Kier alpha value is -3.68. The van der Waals surface area contributed by atoms with Gasteiger partial charge in [0.15, 0.2) is 0 Å². The van der Waals surface area contributed by atoms with Crippen molar-refractivity contribution in [3.05, 3.63) is 75.1 Å². The lowest BCUT2D eigenvalue weighted by Crippen LogP contribution is -2.37. The second-order valence-electron chi connectivity index (χ2n) is 6.31. The van der Waals surface area contributed by atoms with E-state index in [1.807, 2.05) is 24.3 Å². The molecule has 0 fully saturated rings. The number of amides is 1. The molecule has 0 bridgehead atoms. The first-order valence-electron chi connectivity index (χ1n) is 8.49. The Morgan fingerprint density at radius 2 is 1.81 bits per heavy atom. The SMILES string of the molecule is C[C@H](NC(=O)Cn1[nH]c(=O)c2ccccc2c1=O)c1nc2ccccc2[nH]1. The molecule has 0 unspecified atom stereocenters. The maximum atomic E-state index is 12.5. The van der Waals surface area contributed by atoms with Crippen LogP contribution in [0.1, 0.15) is 18.8 Å². The van der Waals surface area contributed by atoms with E-state index in [2.05, 4.69) is 20.4 Å². The fraction of sp³-hybridized carbons (Fsp3) is 0.158. The van der Waals surface area contributed by atoms with Crippen molar-refractivity contribution in [1.82, 2.24) is 25.1 Å². The number of nitrogens with zero attached hydrogens (tertiary/aromatic N) is 2. The zero-order valence-corrected chi connectivity index (χ0v) is 14.5. The van der Waals surface area contributed by atoms with Gasteiger partial charge in [0.25, 0.3) is 11.1 Å². The first-order valence-corrected chi connectivity index (χ1v) is 8.49. The zero-order chi connectivity index (χ0) is 19.0. The molecule has 136 valence electrons. The highest BCUT2D eigenvalue weighted by Crippen LogP contribution is 2.15. The van der Waals surface area contributed by atoms with Crippen molar-refractivity contribution in [3.8, 4) is 0 Å². The number of fused-ring (bicyclic) bond motifs is 2. The molecule has 3 N–H and O–H groups in total. The van der Waals surface area contributed by atoms with Crippen LogP contribution in [0.4, 0.5) is 0 Å². The van der Waals surface area contributed by atoms with Gasteiger partial charge in [0.2, 0.25) is 5.91 Å². The normalized spacial score (nSPS) is 12.3. The highest BCUT2D eigenvalue weighted by molar-refractivity contribution is 5.81. The van der Waals surface area contributed by atoms with Crippen LogP contribution in [0.5, 0.6) is 0 Å². The highest BCUT2D eigenvalue weighted by Gasteiger charge is 2.15. The molecule has 0 saturated heterocycles. The molecular formula is C19H17N5O3. The quantitative estimate of drug-likeness (QED) is 0.509. The molecule has 27 heavy (non-hydrogen) atoms. The smallest absolute Gasteiger partial charge is 0.273 e.